The summed E-state index contributed by atoms with van der Waals surface area (Å²) in [4.78, 5) is 0. The molecule has 1 aliphatic rings. The second-order valence-corrected chi connectivity index (χ2v) is 5.91. The van der Waals surface area contributed by atoms with Crippen LogP contribution in [-0.4, -0.2) is 25.3 Å². The van der Waals surface area contributed by atoms with Crippen LogP contribution in [0.5, 0.6) is 0 Å². The number of rotatable bonds is 3. The van der Waals surface area contributed by atoms with Gasteiger partial charge in [-0.2, -0.15) is 8.42 Å². The van der Waals surface area contributed by atoms with Gasteiger partial charge in [-0.3, -0.25) is 4.55 Å². The Morgan fingerprint density at radius 1 is 1.29 bits per heavy atom. The average molecular weight is 256 g/mol. The molecule has 5 heteroatoms. The first-order chi connectivity index (χ1) is 8.04. The van der Waals surface area contributed by atoms with Gasteiger partial charge in [0, 0.05) is 6.61 Å². The molecule has 1 heterocycles. The molecule has 0 radical (unpaired) electrons. The van der Waals surface area contributed by atoms with Crippen LogP contribution in [-0.2, 0) is 14.9 Å². The van der Waals surface area contributed by atoms with Crippen molar-refractivity contribution in [1.82, 2.24) is 0 Å². The number of benzene rings is 1. The van der Waals surface area contributed by atoms with E-state index in [0.29, 0.717) is 19.4 Å². The molecule has 0 bridgehead atoms. The first-order valence-corrected chi connectivity index (χ1v) is 7.27. The summed E-state index contributed by atoms with van der Waals surface area (Å²) in [7, 11) is -3.88. The van der Waals surface area contributed by atoms with Gasteiger partial charge in [0.2, 0.25) is 0 Å². The number of hydrogen-bond acceptors (Lipinski definition) is 3. The highest BCUT2D eigenvalue weighted by Crippen LogP contribution is 2.31. The van der Waals surface area contributed by atoms with Crippen LogP contribution < -0.4 is 0 Å². The summed E-state index contributed by atoms with van der Waals surface area (Å²) < 4.78 is 36.2. The van der Waals surface area contributed by atoms with E-state index in [1.54, 1.807) is 0 Å². The van der Waals surface area contributed by atoms with Crippen molar-refractivity contribution in [1.29, 1.82) is 0 Å². The Morgan fingerprint density at radius 3 is 2.65 bits per heavy atom. The molecule has 17 heavy (non-hydrogen) atoms. The maximum Gasteiger partial charge on any atom is 0.265 e. The Kier molecular flexibility index (Phi) is 3.81. The van der Waals surface area contributed by atoms with Gasteiger partial charge in [0.1, 0.15) is 0 Å². The summed E-state index contributed by atoms with van der Waals surface area (Å²) in [5.74, 6) is -0.191. The van der Waals surface area contributed by atoms with E-state index in [1.165, 1.54) is 0 Å². The molecule has 0 aromatic heterocycles. The van der Waals surface area contributed by atoms with Crippen molar-refractivity contribution in [3.8, 4) is 0 Å². The van der Waals surface area contributed by atoms with E-state index >= 15 is 0 Å². The minimum atomic E-state index is -3.88. The summed E-state index contributed by atoms with van der Waals surface area (Å²) in [5.41, 5.74) is 1.06. The lowest BCUT2D eigenvalue weighted by molar-refractivity contribution is -0.00587. The fraction of sp³-hybridized carbons (Fsp3) is 0.500. The maximum atomic E-state index is 10.9. The van der Waals surface area contributed by atoms with Crippen molar-refractivity contribution in [2.24, 2.45) is 5.92 Å². The second-order valence-electron chi connectivity index (χ2n) is 4.41. The van der Waals surface area contributed by atoms with Gasteiger partial charge < -0.3 is 4.74 Å². The fourth-order valence-corrected chi connectivity index (χ4v) is 3.11. The zero-order valence-electron chi connectivity index (χ0n) is 9.45. The van der Waals surface area contributed by atoms with Gasteiger partial charge in [0.15, 0.2) is 0 Å². The number of hydrogen-bond donors (Lipinski definition) is 1. The maximum absolute atomic E-state index is 10.9. The van der Waals surface area contributed by atoms with E-state index in [9.17, 15) is 8.42 Å². The molecule has 1 fully saturated rings. The van der Waals surface area contributed by atoms with Crippen LogP contribution in [0.4, 0.5) is 0 Å². The van der Waals surface area contributed by atoms with Gasteiger partial charge in [-0.05, 0) is 24.3 Å². The molecule has 1 aliphatic heterocycles. The van der Waals surface area contributed by atoms with E-state index in [2.05, 4.69) is 0 Å². The molecule has 94 valence electrons. The fourth-order valence-electron chi connectivity index (χ4n) is 2.21. The Balaban J connectivity index is 2.03. The van der Waals surface area contributed by atoms with E-state index in [1.807, 2.05) is 30.3 Å². The van der Waals surface area contributed by atoms with Crippen LogP contribution in [0.2, 0.25) is 0 Å². The molecule has 2 rings (SSSR count). The molecule has 0 spiro atoms. The highest BCUT2D eigenvalue weighted by Gasteiger charge is 2.26. The van der Waals surface area contributed by atoms with Crippen LogP contribution in [0, 0.1) is 5.92 Å². The standard InChI is InChI=1S/C12H16O4S/c13-17(14,15)9-10-6-7-16-12(8-10)11-4-2-1-3-5-11/h1-5,10,12H,6-9H2,(H,13,14,15). The van der Waals surface area contributed by atoms with Crippen molar-refractivity contribution in [2.75, 3.05) is 12.4 Å². The summed E-state index contributed by atoms with van der Waals surface area (Å²) in [5, 5.41) is 0. The molecule has 0 amide bonds. The molecule has 4 nitrogen and oxygen atoms in total. The largest absolute Gasteiger partial charge is 0.374 e. The smallest absolute Gasteiger partial charge is 0.265 e. The molecule has 0 saturated carbocycles. The van der Waals surface area contributed by atoms with E-state index in [0.717, 1.165) is 5.56 Å². The third-order valence-corrected chi connectivity index (χ3v) is 3.90. The monoisotopic (exact) mass is 256 g/mol. The van der Waals surface area contributed by atoms with Crippen molar-refractivity contribution < 1.29 is 17.7 Å². The predicted molar refractivity (Wildman–Crippen MR) is 64.3 cm³/mol. The van der Waals surface area contributed by atoms with Gasteiger partial charge in [0.05, 0.1) is 11.9 Å². The van der Waals surface area contributed by atoms with Crippen LogP contribution in [0.3, 0.4) is 0 Å². The van der Waals surface area contributed by atoms with E-state index in [4.69, 9.17) is 9.29 Å². The lowest BCUT2D eigenvalue weighted by atomic mass is 9.93. The normalized spacial score (nSPS) is 25.7. The first-order valence-electron chi connectivity index (χ1n) is 5.66. The summed E-state index contributed by atoms with van der Waals surface area (Å²) in [6.07, 6.45) is 1.27. The van der Waals surface area contributed by atoms with Gasteiger partial charge in [0.25, 0.3) is 10.1 Å². The van der Waals surface area contributed by atoms with Crippen LogP contribution in [0.1, 0.15) is 24.5 Å². The lowest BCUT2D eigenvalue weighted by Crippen LogP contribution is -2.25. The van der Waals surface area contributed by atoms with Gasteiger partial charge in [-0.1, -0.05) is 30.3 Å². The predicted octanol–water partition coefficient (Wildman–Crippen LogP) is 2.04. The Morgan fingerprint density at radius 2 is 2.00 bits per heavy atom. The van der Waals surface area contributed by atoms with E-state index in [-0.39, 0.29) is 17.8 Å². The lowest BCUT2D eigenvalue weighted by Gasteiger charge is -2.29. The molecule has 1 N–H and O–H groups in total. The molecule has 2 unspecified atom stereocenters. The summed E-state index contributed by atoms with van der Waals surface area (Å²) in [6.45, 7) is 0.541. The van der Waals surface area contributed by atoms with Crippen molar-refractivity contribution in [3.05, 3.63) is 35.9 Å². The average Bonchev–Trinajstić information content (AvgIpc) is 2.28. The Hall–Kier alpha value is -0.910. The van der Waals surface area contributed by atoms with Crippen molar-refractivity contribution >= 4 is 10.1 Å². The van der Waals surface area contributed by atoms with Crippen molar-refractivity contribution in [2.45, 2.75) is 18.9 Å². The summed E-state index contributed by atoms with van der Waals surface area (Å²) in [6, 6.07) is 9.75. The minimum Gasteiger partial charge on any atom is -0.374 e. The number of ether oxygens (including phenoxy) is 1. The van der Waals surface area contributed by atoms with Gasteiger partial charge >= 0.3 is 0 Å². The molecule has 1 saturated heterocycles. The first kappa shape index (κ1) is 12.5. The Bertz CT molecular complexity index is 455. The molecule has 2 atom stereocenters. The summed E-state index contributed by atoms with van der Waals surface area (Å²) >= 11 is 0. The van der Waals surface area contributed by atoms with Gasteiger partial charge in [-0.15, -0.1) is 0 Å². The Labute approximate surface area is 101 Å². The van der Waals surface area contributed by atoms with Crippen LogP contribution >= 0.6 is 0 Å². The second kappa shape index (κ2) is 5.16. The SMILES string of the molecule is O=S(=O)(O)CC1CCOC(c2ccccc2)C1. The molecular weight excluding hydrogens is 240 g/mol. The topological polar surface area (TPSA) is 63.6 Å². The van der Waals surface area contributed by atoms with Gasteiger partial charge in [-0.25, -0.2) is 0 Å². The highest BCUT2D eigenvalue weighted by atomic mass is 32.2. The van der Waals surface area contributed by atoms with Crippen molar-refractivity contribution in [3.63, 3.8) is 0 Å². The third kappa shape index (κ3) is 3.80. The highest BCUT2D eigenvalue weighted by molar-refractivity contribution is 7.85. The zero-order valence-corrected chi connectivity index (χ0v) is 10.3. The third-order valence-electron chi connectivity index (χ3n) is 3.01. The molecule has 1 aromatic carbocycles. The molecule has 1 aromatic rings. The quantitative estimate of drug-likeness (QED) is 0.841. The molecule has 0 aliphatic carbocycles. The van der Waals surface area contributed by atoms with E-state index < -0.39 is 10.1 Å². The minimum absolute atomic E-state index is 0.0241. The zero-order chi connectivity index (χ0) is 12.3. The molecular formula is C12H16O4S. The van der Waals surface area contributed by atoms with Crippen LogP contribution in [0.15, 0.2) is 30.3 Å². The van der Waals surface area contributed by atoms with Crippen LogP contribution in [0.25, 0.3) is 0 Å².